The normalized spacial score (nSPS) is 11.6. The van der Waals surface area contributed by atoms with Crippen molar-refractivity contribution in [3.63, 3.8) is 0 Å². The van der Waals surface area contributed by atoms with Crippen molar-refractivity contribution in [3.8, 4) is 16.9 Å². The van der Waals surface area contributed by atoms with Gasteiger partial charge in [0.15, 0.2) is 0 Å². The molecule has 0 aliphatic carbocycles. The molecule has 4 aromatic rings. The molecule has 3 nitrogen and oxygen atoms in total. The van der Waals surface area contributed by atoms with E-state index in [1.54, 1.807) is 24.3 Å². The van der Waals surface area contributed by atoms with Crippen molar-refractivity contribution in [3.05, 3.63) is 99.4 Å². The lowest BCUT2D eigenvalue weighted by Crippen LogP contribution is -2.16. The van der Waals surface area contributed by atoms with E-state index in [2.05, 4.69) is 0 Å². The van der Waals surface area contributed by atoms with Crippen LogP contribution in [0.15, 0.2) is 75.9 Å². The molecule has 0 amide bonds. The maximum atomic E-state index is 13.7. The molecule has 0 radical (unpaired) electrons. The van der Waals surface area contributed by atoms with E-state index >= 15 is 0 Å². The highest BCUT2D eigenvalue weighted by Crippen LogP contribution is 2.37. The fraction of sp³-hybridized carbons (Fsp3) is 0.160. The Morgan fingerprint density at radius 3 is 2.39 bits per heavy atom. The summed E-state index contributed by atoms with van der Waals surface area (Å²) >= 11 is 0. The van der Waals surface area contributed by atoms with Crippen LogP contribution in [-0.2, 0) is 12.8 Å². The molecule has 0 N–H and O–H groups in total. The summed E-state index contributed by atoms with van der Waals surface area (Å²) in [6.07, 6.45) is -4.83. The monoisotopic (exact) mass is 424 g/mol. The maximum Gasteiger partial charge on any atom is 0.450 e. The van der Waals surface area contributed by atoms with E-state index in [9.17, 15) is 18.0 Å². The van der Waals surface area contributed by atoms with Crippen LogP contribution in [0.4, 0.5) is 13.2 Å². The van der Waals surface area contributed by atoms with Crippen molar-refractivity contribution in [2.24, 2.45) is 0 Å². The van der Waals surface area contributed by atoms with Crippen LogP contribution in [-0.4, -0.2) is 0 Å². The molecule has 1 aromatic heterocycles. The first-order chi connectivity index (χ1) is 14.7. The number of alkyl halides is 3. The number of fused-ring (bicyclic) bond motifs is 1. The second-order valence-electron chi connectivity index (χ2n) is 7.38. The van der Waals surface area contributed by atoms with Crippen molar-refractivity contribution in [2.75, 3.05) is 0 Å². The maximum absolute atomic E-state index is 13.7. The molecule has 0 unspecified atom stereocenters. The first-order valence-corrected chi connectivity index (χ1v) is 9.66. The van der Waals surface area contributed by atoms with E-state index < -0.39 is 22.9 Å². The smallest absolute Gasteiger partial charge is 0.450 e. The van der Waals surface area contributed by atoms with Gasteiger partial charge in [0.2, 0.25) is 11.2 Å². The molecule has 0 saturated heterocycles. The van der Waals surface area contributed by atoms with Crippen molar-refractivity contribution >= 4 is 11.0 Å². The van der Waals surface area contributed by atoms with E-state index in [1.807, 2.05) is 32.0 Å². The summed E-state index contributed by atoms with van der Waals surface area (Å²) in [6.45, 7) is 4.17. The quantitative estimate of drug-likeness (QED) is 0.367. The van der Waals surface area contributed by atoms with Crippen LogP contribution in [0.25, 0.3) is 22.1 Å². The molecule has 0 aliphatic rings. The van der Waals surface area contributed by atoms with E-state index in [0.29, 0.717) is 5.75 Å². The molecular formula is C25H19F3O3. The first-order valence-electron chi connectivity index (χ1n) is 9.66. The Hall–Kier alpha value is -3.54. The number of ether oxygens (including phenoxy) is 1. The molecule has 6 heteroatoms. The number of rotatable bonds is 4. The predicted molar refractivity (Wildman–Crippen MR) is 113 cm³/mol. The van der Waals surface area contributed by atoms with Gasteiger partial charge in [-0.25, -0.2) is 0 Å². The molecule has 0 atom stereocenters. The summed E-state index contributed by atoms with van der Waals surface area (Å²) in [4.78, 5) is 13.0. The number of aryl methyl sites for hydroxylation is 2. The third-order valence-corrected chi connectivity index (χ3v) is 5.08. The van der Waals surface area contributed by atoms with Crippen molar-refractivity contribution in [1.82, 2.24) is 0 Å². The third kappa shape index (κ3) is 4.19. The predicted octanol–water partition coefficient (Wildman–Crippen LogP) is 6.67. The number of hydrogen-bond donors (Lipinski definition) is 0. The fourth-order valence-electron chi connectivity index (χ4n) is 3.45. The standard InChI is InChI=1S/C25H19F3O3/c1-15-8-9-16(2)18(12-15)14-30-19-10-11-20-21(13-19)31-24(25(26,27)28)22(23(20)29)17-6-4-3-5-7-17/h3-13H,14H2,1-2H3. The molecule has 31 heavy (non-hydrogen) atoms. The van der Waals surface area contributed by atoms with Crippen LogP contribution in [0, 0.1) is 13.8 Å². The highest BCUT2D eigenvalue weighted by atomic mass is 19.4. The summed E-state index contributed by atoms with van der Waals surface area (Å²) in [7, 11) is 0. The largest absolute Gasteiger partial charge is 0.489 e. The highest BCUT2D eigenvalue weighted by Gasteiger charge is 2.39. The lowest BCUT2D eigenvalue weighted by atomic mass is 10.0. The molecule has 0 saturated carbocycles. The summed E-state index contributed by atoms with van der Waals surface area (Å²) in [5, 5.41) is 0.0611. The van der Waals surface area contributed by atoms with Gasteiger partial charge >= 0.3 is 6.18 Å². The molecule has 158 valence electrons. The topological polar surface area (TPSA) is 39.4 Å². The van der Waals surface area contributed by atoms with E-state index in [-0.39, 0.29) is 23.1 Å². The minimum atomic E-state index is -4.83. The van der Waals surface area contributed by atoms with E-state index in [1.165, 1.54) is 24.3 Å². The van der Waals surface area contributed by atoms with Gasteiger partial charge in [-0.05, 0) is 42.7 Å². The molecule has 1 heterocycles. The van der Waals surface area contributed by atoms with Crippen LogP contribution in [0.3, 0.4) is 0 Å². The molecule has 0 aliphatic heterocycles. The zero-order valence-electron chi connectivity index (χ0n) is 16.9. The Balaban J connectivity index is 1.78. The molecule has 0 fully saturated rings. The summed E-state index contributed by atoms with van der Waals surface area (Å²) in [5.41, 5.74) is 1.85. The van der Waals surface area contributed by atoms with Crippen molar-refractivity contribution in [2.45, 2.75) is 26.6 Å². The number of hydrogen-bond acceptors (Lipinski definition) is 3. The van der Waals surface area contributed by atoms with Crippen molar-refractivity contribution < 1.29 is 22.3 Å². The summed E-state index contributed by atoms with van der Waals surface area (Å²) in [5.74, 6) is -1.000. The highest BCUT2D eigenvalue weighted by molar-refractivity contribution is 5.84. The van der Waals surface area contributed by atoms with Gasteiger partial charge in [-0.1, -0.05) is 54.1 Å². The zero-order chi connectivity index (χ0) is 22.2. The van der Waals surface area contributed by atoms with Gasteiger partial charge in [-0.3, -0.25) is 4.79 Å². The Bertz CT molecular complexity index is 1310. The number of halogens is 3. The van der Waals surface area contributed by atoms with Crippen LogP contribution < -0.4 is 10.2 Å². The third-order valence-electron chi connectivity index (χ3n) is 5.08. The zero-order valence-corrected chi connectivity index (χ0v) is 16.9. The number of benzene rings is 3. The van der Waals surface area contributed by atoms with Gasteiger partial charge in [-0.2, -0.15) is 13.2 Å². The second kappa shape index (κ2) is 7.95. The molecular weight excluding hydrogens is 405 g/mol. The first kappa shape index (κ1) is 20.7. The Labute approximate surface area is 176 Å². The molecule has 0 bridgehead atoms. The Morgan fingerprint density at radius 1 is 0.935 bits per heavy atom. The van der Waals surface area contributed by atoms with Gasteiger partial charge < -0.3 is 9.15 Å². The van der Waals surface area contributed by atoms with Gasteiger partial charge in [-0.15, -0.1) is 0 Å². The summed E-state index contributed by atoms with van der Waals surface area (Å²) < 4.78 is 52.2. The second-order valence-corrected chi connectivity index (χ2v) is 7.38. The van der Waals surface area contributed by atoms with Crippen LogP contribution in [0.2, 0.25) is 0 Å². The fourth-order valence-corrected chi connectivity index (χ4v) is 3.45. The molecule has 4 rings (SSSR count). The minimum absolute atomic E-state index is 0.0611. The average molecular weight is 424 g/mol. The lowest BCUT2D eigenvalue weighted by Gasteiger charge is -2.14. The van der Waals surface area contributed by atoms with Crippen LogP contribution in [0.1, 0.15) is 22.5 Å². The van der Waals surface area contributed by atoms with Gasteiger partial charge in [0.25, 0.3) is 0 Å². The van der Waals surface area contributed by atoms with Gasteiger partial charge in [0.05, 0.1) is 10.9 Å². The molecule has 3 aromatic carbocycles. The minimum Gasteiger partial charge on any atom is -0.489 e. The van der Waals surface area contributed by atoms with Crippen molar-refractivity contribution in [1.29, 1.82) is 0 Å². The Morgan fingerprint density at radius 2 is 1.68 bits per heavy atom. The Kier molecular flexibility index (Phi) is 5.31. The van der Waals surface area contributed by atoms with Gasteiger partial charge in [0, 0.05) is 6.07 Å². The van der Waals surface area contributed by atoms with Crippen LogP contribution in [0.5, 0.6) is 5.75 Å². The SMILES string of the molecule is Cc1ccc(C)c(COc2ccc3c(=O)c(-c4ccccc4)c(C(F)(F)F)oc3c2)c1. The van der Waals surface area contributed by atoms with Gasteiger partial charge in [0.1, 0.15) is 17.9 Å². The lowest BCUT2D eigenvalue weighted by molar-refractivity contribution is -0.152. The van der Waals surface area contributed by atoms with E-state index in [4.69, 9.17) is 9.15 Å². The van der Waals surface area contributed by atoms with E-state index in [0.717, 1.165) is 16.7 Å². The van der Waals surface area contributed by atoms with Crippen LogP contribution >= 0.6 is 0 Å². The average Bonchev–Trinajstić information content (AvgIpc) is 2.74. The molecule has 0 spiro atoms. The summed E-state index contributed by atoms with van der Waals surface area (Å²) in [6, 6.07) is 18.0.